The van der Waals surface area contributed by atoms with E-state index >= 15 is 0 Å². The van der Waals surface area contributed by atoms with Crippen LogP contribution in [0, 0.1) is 5.92 Å². The molecule has 2 fully saturated rings. The molecular formula is C18H26F3N5O2. The van der Waals surface area contributed by atoms with Crippen molar-refractivity contribution in [3.8, 4) is 0 Å². The Bertz CT molecular complexity index is 688. The number of halogens is 3. The molecular weight excluding hydrogens is 375 g/mol. The Morgan fingerprint density at radius 1 is 1.29 bits per heavy atom. The number of alkyl halides is 3. The van der Waals surface area contributed by atoms with E-state index < -0.39 is 18.7 Å². The highest BCUT2D eigenvalue weighted by Gasteiger charge is 2.31. The van der Waals surface area contributed by atoms with E-state index in [9.17, 15) is 18.0 Å². The van der Waals surface area contributed by atoms with Crippen LogP contribution in [-0.2, 0) is 4.74 Å². The second kappa shape index (κ2) is 8.50. The zero-order valence-electron chi connectivity index (χ0n) is 15.8. The maximum atomic E-state index is 12.3. The smallest absolute Gasteiger partial charge is 0.369 e. The Balaban J connectivity index is 1.56. The van der Waals surface area contributed by atoms with Crippen LogP contribution in [0.4, 0.5) is 24.9 Å². The van der Waals surface area contributed by atoms with E-state index in [-0.39, 0.29) is 23.8 Å². The fourth-order valence-electron chi connectivity index (χ4n) is 3.44. The van der Waals surface area contributed by atoms with Crippen molar-refractivity contribution in [1.82, 2.24) is 9.97 Å². The number of anilines is 2. The van der Waals surface area contributed by atoms with Gasteiger partial charge in [0.05, 0.1) is 11.7 Å². The quantitative estimate of drug-likeness (QED) is 0.619. The van der Waals surface area contributed by atoms with E-state index in [2.05, 4.69) is 20.6 Å². The average molecular weight is 401 g/mol. The molecule has 0 aliphatic heterocycles. The lowest BCUT2D eigenvalue weighted by atomic mass is 9.93. The largest absolute Gasteiger partial charge is 0.411 e. The molecule has 0 bridgehead atoms. The summed E-state index contributed by atoms with van der Waals surface area (Å²) < 4.78 is 41.7. The van der Waals surface area contributed by atoms with Crippen LogP contribution in [0.2, 0.25) is 0 Å². The van der Waals surface area contributed by atoms with Gasteiger partial charge >= 0.3 is 6.18 Å². The van der Waals surface area contributed by atoms with E-state index in [1.165, 1.54) is 6.20 Å². The highest BCUT2D eigenvalue weighted by molar-refractivity contribution is 5.97. The number of carbonyl (C=O) groups excluding carboxylic acids is 1. The molecule has 28 heavy (non-hydrogen) atoms. The lowest BCUT2D eigenvalue weighted by Crippen LogP contribution is -2.32. The third kappa shape index (κ3) is 5.95. The number of nitrogens with two attached hydrogens (primary N) is 1. The summed E-state index contributed by atoms with van der Waals surface area (Å²) in [4.78, 5) is 20.2. The molecule has 1 aromatic heterocycles. The summed E-state index contributed by atoms with van der Waals surface area (Å²) in [5.74, 6) is 0.750. The SMILES string of the molecule is C[C@@H](Nc1nc(NC2CCC(OCC(F)(F)F)CC2)ncc1C(N)=O)C1CC1. The third-order valence-electron chi connectivity index (χ3n) is 5.24. The minimum atomic E-state index is -4.30. The van der Waals surface area contributed by atoms with Gasteiger partial charge in [0.1, 0.15) is 12.4 Å². The first-order valence-corrected chi connectivity index (χ1v) is 9.59. The van der Waals surface area contributed by atoms with Crippen LogP contribution in [-0.4, -0.2) is 46.8 Å². The van der Waals surface area contributed by atoms with Gasteiger partial charge in [-0.2, -0.15) is 18.2 Å². The lowest BCUT2D eigenvalue weighted by molar-refractivity contribution is -0.187. The van der Waals surface area contributed by atoms with Crippen LogP contribution in [0.15, 0.2) is 6.20 Å². The Morgan fingerprint density at radius 2 is 1.96 bits per heavy atom. The van der Waals surface area contributed by atoms with E-state index in [4.69, 9.17) is 10.5 Å². The standard InChI is InChI=1S/C18H26F3N5O2/c1-10(11-2-3-11)24-16-14(15(22)27)8-23-17(26-16)25-12-4-6-13(7-5-12)28-9-18(19,20)21/h8,10-13H,2-7,9H2,1H3,(H2,22,27)(H2,23,24,25,26)/t10-,12?,13?/m1/s1. The molecule has 7 nitrogen and oxygen atoms in total. The molecule has 0 radical (unpaired) electrons. The molecule has 4 N–H and O–H groups in total. The van der Waals surface area contributed by atoms with E-state index in [0.717, 1.165) is 12.8 Å². The Morgan fingerprint density at radius 3 is 2.54 bits per heavy atom. The summed E-state index contributed by atoms with van der Waals surface area (Å²) in [5.41, 5.74) is 5.66. The number of primary amides is 1. The van der Waals surface area contributed by atoms with Gasteiger partial charge < -0.3 is 21.1 Å². The normalized spacial score (nSPS) is 23.9. The monoisotopic (exact) mass is 401 g/mol. The van der Waals surface area contributed by atoms with Crippen LogP contribution < -0.4 is 16.4 Å². The molecule has 10 heteroatoms. The summed E-state index contributed by atoms with van der Waals surface area (Å²) in [6.07, 6.45) is 1.41. The Labute approximate surface area is 161 Å². The first kappa shape index (κ1) is 20.6. The van der Waals surface area contributed by atoms with Crippen molar-refractivity contribution in [1.29, 1.82) is 0 Å². The molecule has 0 unspecified atom stereocenters. The summed E-state index contributed by atoms with van der Waals surface area (Å²) in [6, 6.07) is 0.223. The van der Waals surface area contributed by atoms with E-state index in [0.29, 0.717) is 43.4 Å². The zero-order valence-corrected chi connectivity index (χ0v) is 15.8. The van der Waals surface area contributed by atoms with Gasteiger partial charge in [-0.25, -0.2) is 4.98 Å². The van der Waals surface area contributed by atoms with E-state index in [1.807, 2.05) is 6.92 Å². The lowest BCUT2D eigenvalue weighted by Gasteiger charge is -2.29. The fraction of sp³-hybridized carbons (Fsp3) is 0.722. The molecule has 1 aromatic rings. The molecule has 2 saturated carbocycles. The van der Waals surface area contributed by atoms with Crippen LogP contribution in [0.25, 0.3) is 0 Å². The molecule has 1 atom stereocenters. The first-order chi connectivity index (χ1) is 13.2. The second-order valence-corrected chi connectivity index (χ2v) is 7.63. The van der Waals surface area contributed by atoms with Gasteiger partial charge in [-0.05, 0) is 51.4 Å². The Kier molecular flexibility index (Phi) is 6.26. The van der Waals surface area contributed by atoms with Crippen molar-refractivity contribution >= 4 is 17.7 Å². The summed E-state index contributed by atoms with van der Waals surface area (Å²) in [7, 11) is 0. The van der Waals surface area contributed by atoms with Crippen LogP contribution >= 0.6 is 0 Å². The fourth-order valence-corrected chi connectivity index (χ4v) is 3.44. The second-order valence-electron chi connectivity index (χ2n) is 7.63. The topological polar surface area (TPSA) is 102 Å². The zero-order chi connectivity index (χ0) is 20.3. The molecule has 156 valence electrons. The minimum absolute atomic E-state index is 0.0406. The molecule has 2 aliphatic rings. The summed E-state index contributed by atoms with van der Waals surface area (Å²) in [5, 5.41) is 6.46. The van der Waals surface area contributed by atoms with Crippen LogP contribution in [0.1, 0.15) is 55.8 Å². The minimum Gasteiger partial charge on any atom is -0.369 e. The number of hydrogen-bond acceptors (Lipinski definition) is 6. The predicted molar refractivity (Wildman–Crippen MR) is 98.0 cm³/mol. The number of nitrogens with one attached hydrogen (secondary N) is 2. The molecule has 0 spiro atoms. The van der Waals surface area contributed by atoms with Crippen molar-refractivity contribution in [3.63, 3.8) is 0 Å². The first-order valence-electron chi connectivity index (χ1n) is 9.59. The van der Waals surface area contributed by atoms with E-state index in [1.54, 1.807) is 0 Å². The van der Waals surface area contributed by atoms with Crippen LogP contribution in [0.3, 0.4) is 0 Å². The molecule has 1 amide bonds. The number of aromatic nitrogens is 2. The van der Waals surface area contributed by atoms with Crippen LogP contribution in [0.5, 0.6) is 0 Å². The van der Waals surface area contributed by atoms with Gasteiger partial charge in [-0.15, -0.1) is 0 Å². The van der Waals surface area contributed by atoms with Gasteiger partial charge in [0.25, 0.3) is 5.91 Å². The average Bonchev–Trinajstić information content (AvgIpc) is 3.45. The predicted octanol–water partition coefficient (Wildman–Crippen LogP) is 3.09. The van der Waals surface area contributed by atoms with Gasteiger partial charge in [0.2, 0.25) is 5.95 Å². The molecule has 2 aliphatic carbocycles. The Hall–Kier alpha value is -2.10. The summed E-state index contributed by atoms with van der Waals surface area (Å²) in [6.45, 7) is 0.835. The number of nitrogens with zero attached hydrogens (tertiary/aromatic N) is 2. The molecule has 0 saturated heterocycles. The highest BCUT2D eigenvalue weighted by atomic mass is 19.4. The molecule has 0 aromatic carbocycles. The number of carbonyl (C=O) groups is 1. The van der Waals surface area contributed by atoms with Crippen molar-refractivity contribution in [3.05, 3.63) is 11.8 Å². The number of ether oxygens (including phenoxy) is 1. The third-order valence-corrected chi connectivity index (χ3v) is 5.24. The maximum absolute atomic E-state index is 12.3. The molecule has 3 rings (SSSR count). The summed E-state index contributed by atoms with van der Waals surface area (Å²) >= 11 is 0. The number of rotatable bonds is 8. The van der Waals surface area contributed by atoms with Crippen molar-refractivity contribution in [2.75, 3.05) is 17.2 Å². The highest BCUT2D eigenvalue weighted by Crippen LogP contribution is 2.34. The van der Waals surface area contributed by atoms with Gasteiger partial charge in [0, 0.05) is 18.3 Å². The van der Waals surface area contributed by atoms with Crippen molar-refractivity contribution in [2.45, 2.75) is 69.8 Å². The van der Waals surface area contributed by atoms with Crippen molar-refractivity contribution < 1.29 is 22.7 Å². The molecule has 1 heterocycles. The van der Waals surface area contributed by atoms with Gasteiger partial charge in [-0.1, -0.05) is 0 Å². The van der Waals surface area contributed by atoms with Gasteiger partial charge in [0.15, 0.2) is 0 Å². The number of hydrogen-bond donors (Lipinski definition) is 3. The number of amides is 1. The van der Waals surface area contributed by atoms with Crippen molar-refractivity contribution in [2.24, 2.45) is 11.7 Å². The maximum Gasteiger partial charge on any atom is 0.411 e. The van der Waals surface area contributed by atoms with Gasteiger partial charge in [-0.3, -0.25) is 4.79 Å².